The van der Waals surface area contributed by atoms with Crippen molar-refractivity contribution in [2.45, 2.75) is 19.2 Å². The van der Waals surface area contributed by atoms with Gasteiger partial charge >= 0.3 is 5.97 Å². The number of fused-ring (bicyclic) bond motifs is 1. The van der Waals surface area contributed by atoms with Gasteiger partial charge in [-0.2, -0.15) is 0 Å². The molecule has 0 aliphatic carbocycles. The lowest BCUT2D eigenvalue weighted by Crippen LogP contribution is -2.12. The highest BCUT2D eigenvalue weighted by Gasteiger charge is 2.28. The van der Waals surface area contributed by atoms with Crippen molar-refractivity contribution in [3.05, 3.63) is 65.1 Å². The second-order valence-electron chi connectivity index (χ2n) is 6.37. The largest absolute Gasteiger partial charge is 0.481 e. The van der Waals surface area contributed by atoms with Crippen molar-refractivity contribution in [2.75, 3.05) is 5.32 Å². The Morgan fingerprint density at radius 2 is 1.97 bits per heavy atom. The molecule has 0 fully saturated rings. The molecule has 0 amide bonds. The zero-order chi connectivity index (χ0) is 20.5. The quantitative estimate of drug-likeness (QED) is 0.516. The number of carboxylic acid groups (broad SMARTS) is 1. The van der Waals surface area contributed by atoms with E-state index in [1.54, 1.807) is 6.07 Å². The van der Waals surface area contributed by atoms with E-state index in [-0.39, 0.29) is 30.2 Å². The average Bonchev–Trinajstić information content (AvgIpc) is 3.04. The molecule has 10 heteroatoms. The van der Waals surface area contributed by atoms with E-state index in [1.807, 2.05) is 0 Å². The highest BCUT2D eigenvalue weighted by Crippen LogP contribution is 2.33. The fourth-order valence-electron chi connectivity index (χ4n) is 3.05. The molecule has 4 rings (SSSR count). The molecule has 0 radical (unpaired) electrons. The third-order valence-corrected chi connectivity index (χ3v) is 4.37. The van der Waals surface area contributed by atoms with Crippen LogP contribution < -0.4 is 10.6 Å². The van der Waals surface area contributed by atoms with Crippen molar-refractivity contribution in [3.63, 3.8) is 0 Å². The van der Waals surface area contributed by atoms with Crippen LogP contribution in [0.2, 0.25) is 0 Å². The molecular weight excluding hydrogens is 384 g/mol. The van der Waals surface area contributed by atoms with Crippen LogP contribution in [0.25, 0.3) is 11.4 Å². The Morgan fingerprint density at radius 1 is 1.21 bits per heavy atom. The van der Waals surface area contributed by atoms with E-state index >= 15 is 0 Å². The van der Waals surface area contributed by atoms with Crippen LogP contribution in [0.4, 0.5) is 20.3 Å². The standard InChI is InChI=1S/C19H15F2N5O3/c20-11-2-1-3-12(21)15(11)17-25-13-8-23-19(29)16(13)18(26-17)24-10-5-4-9(22-7-10)6-14(27)28/h1-5,7,19,23,29H,6,8H2,(H,27,28)(H,24,25,26). The molecule has 148 valence electrons. The zero-order valence-corrected chi connectivity index (χ0v) is 14.9. The van der Waals surface area contributed by atoms with Crippen LogP contribution in [-0.2, 0) is 17.8 Å². The Hall–Kier alpha value is -3.50. The molecule has 0 saturated carbocycles. The predicted molar refractivity (Wildman–Crippen MR) is 98.0 cm³/mol. The molecule has 1 aliphatic heterocycles. The van der Waals surface area contributed by atoms with Crippen molar-refractivity contribution in [3.8, 4) is 11.4 Å². The van der Waals surface area contributed by atoms with Crippen molar-refractivity contribution < 1.29 is 23.8 Å². The van der Waals surface area contributed by atoms with Crippen LogP contribution in [0.3, 0.4) is 0 Å². The smallest absolute Gasteiger partial charge is 0.309 e. The number of hydrogen-bond donors (Lipinski definition) is 4. The summed E-state index contributed by atoms with van der Waals surface area (Å²) in [6.07, 6.45) is 0.138. The molecule has 8 nitrogen and oxygen atoms in total. The van der Waals surface area contributed by atoms with Crippen LogP contribution in [0, 0.1) is 11.6 Å². The first kappa shape index (κ1) is 18.8. The lowest BCUT2D eigenvalue weighted by molar-refractivity contribution is -0.136. The first-order valence-electron chi connectivity index (χ1n) is 8.63. The Bertz CT molecular complexity index is 1070. The Balaban J connectivity index is 1.74. The number of carbonyl (C=O) groups is 1. The topological polar surface area (TPSA) is 120 Å². The molecule has 3 aromatic rings. The molecule has 0 bridgehead atoms. The first-order chi connectivity index (χ1) is 13.9. The molecule has 2 aromatic heterocycles. The van der Waals surface area contributed by atoms with E-state index in [0.29, 0.717) is 22.6 Å². The number of benzene rings is 1. The van der Waals surface area contributed by atoms with E-state index in [2.05, 4.69) is 25.6 Å². The minimum atomic E-state index is -1.05. The summed E-state index contributed by atoms with van der Waals surface area (Å²) in [5, 5.41) is 24.8. The van der Waals surface area contributed by atoms with Gasteiger partial charge in [0.25, 0.3) is 0 Å². The van der Waals surface area contributed by atoms with Gasteiger partial charge in [-0.1, -0.05) is 6.07 Å². The molecule has 3 heterocycles. The zero-order valence-electron chi connectivity index (χ0n) is 14.9. The van der Waals surface area contributed by atoms with Crippen LogP contribution in [0.1, 0.15) is 23.2 Å². The van der Waals surface area contributed by atoms with Gasteiger partial charge in [-0.05, 0) is 24.3 Å². The fourth-order valence-corrected chi connectivity index (χ4v) is 3.05. The van der Waals surface area contributed by atoms with Gasteiger partial charge in [0.2, 0.25) is 0 Å². The van der Waals surface area contributed by atoms with Crippen molar-refractivity contribution in [2.24, 2.45) is 0 Å². The number of nitrogens with zero attached hydrogens (tertiary/aromatic N) is 3. The summed E-state index contributed by atoms with van der Waals surface area (Å²) in [6, 6.07) is 6.60. The minimum Gasteiger partial charge on any atom is -0.481 e. The van der Waals surface area contributed by atoms with Gasteiger partial charge in [0.1, 0.15) is 23.7 Å². The van der Waals surface area contributed by atoms with Crippen molar-refractivity contribution in [1.82, 2.24) is 20.3 Å². The molecular formula is C19H15F2N5O3. The van der Waals surface area contributed by atoms with Gasteiger partial charge < -0.3 is 15.5 Å². The normalized spacial score (nSPS) is 15.2. The molecule has 4 N–H and O–H groups in total. The van der Waals surface area contributed by atoms with Crippen LogP contribution in [-0.4, -0.2) is 31.1 Å². The molecule has 1 aliphatic rings. The Kier molecular flexibility index (Phi) is 4.87. The number of rotatable bonds is 5. The number of halogens is 2. The van der Waals surface area contributed by atoms with Gasteiger partial charge in [0.15, 0.2) is 5.82 Å². The first-order valence-corrected chi connectivity index (χ1v) is 8.63. The van der Waals surface area contributed by atoms with Gasteiger partial charge in [0, 0.05) is 6.54 Å². The van der Waals surface area contributed by atoms with E-state index in [0.717, 1.165) is 12.1 Å². The van der Waals surface area contributed by atoms with Crippen LogP contribution in [0.15, 0.2) is 36.5 Å². The highest BCUT2D eigenvalue weighted by molar-refractivity contribution is 5.70. The van der Waals surface area contributed by atoms with Gasteiger partial charge in [-0.25, -0.2) is 18.7 Å². The van der Waals surface area contributed by atoms with Crippen molar-refractivity contribution >= 4 is 17.5 Å². The number of nitrogens with one attached hydrogen (secondary N) is 2. The highest BCUT2D eigenvalue weighted by atomic mass is 19.1. The van der Waals surface area contributed by atoms with E-state index in [9.17, 15) is 18.7 Å². The average molecular weight is 399 g/mol. The summed E-state index contributed by atoms with van der Waals surface area (Å²) in [6.45, 7) is 0.201. The second-order valence-corrected chi connectivity index (χ2v) is 6.37. The lowest BCUT2D eigenvalue weighted by atomic mass is 10.1. The van der Waals surface area contributed by atoms with E-state index in [1.165, 1.54) is 18.3 Å². The maximum Gasteiger partial charge on any atom is 0.309 e. The maximum atomic E-state index is 14.2. The van der Waals surface area contributed by atoms with Crippen LogP contribution in [0.5, 0.6) is 0 Å². The molecule has 1 atom stereocenters. The third-order valence-electron chi connectivity index (χ3n) is 4.37. The molecule has 1 unspecified atom stereocenters. The monoisotopic (exact) mass is 399 g/mol. The number of anilines is 2. The van der Waals surface area contributed by atoms with E-state index in [4.69, 9.17) is 5.11 Å². The maximum absolute atomic E-state index is 14.2. The van der Waals surface area contributed by atoms with Crippen molar-refractivity contribution in [1.29, 1.82) is 0 Å². The summed E-state index contributed by atoms with van der Waals surface area (Å²) in [5.74, 6) is -2.60. The summed E-state index contributed by atoms with van der Waals surface area (Å²) in [5.41, 5.74) is 1.23. The molecule has 0 spiro atoms. The summed E-state index contributed by atoms with van der Waals surface area (Å²) < 4.78 is 28.4. The Morgan fingerprint density at radius 3 is 2.62 bits per heavy atom. The third kappa shape index (κ3) is 3.75. The number of carboxylic acids is 1. The van der Waals surface area contributed by atoms with Gasteiger partial charge in [-0.15, -0.1) is 0 Å². The number of aliphatic hydroxyl groups is 1. The summed E-state index contributed by atoms with van der Waals surface area (Å²) in [7, 11) is 0. The van der Waals surface area contributed by atoms with Gasteiger partial charge in [0.05, 0.1) is 40.8 Å². The van der Waals surface area contributed by atoms with E-state index < -0.39 is 23.8 Å². The fraction of sp³-hybridized carbons (Fsp3) is 0.158. The lowest BCUT2D eigenvalue weighted by Gasteiger charge is -2.14. The van der Waals surface area contributed by atoms with Crippen LogP contribution >= 0.6 is 0 Å². The molecule has 0 saturated heterocycles. The predicted octanol–water partition coefficient (Wildman–Crippen LogP) is 2.28. The number of pyridine rings is 1. The Labute approximate surface area is 163 Å². The number of aliphatic hydroxyl groups excluding tert-OH is 1. The minimum absolute atomic E-state index is 0.159. The van der Waals surface area contributed by atoms with Gasteiger partial charge in [-0.3, -0.25) is 15.1 Å². The summed E-state index contributed by atoms with van der Waals surface area (Å²) in [4.78, 5) is 23.3. The summed E-state index contributed by atoms with van der Waals surface area (Å²) >= 11 is 0. The SMILES string of the molecule is O=C(O)Cc1ccc(Nc2nc(-c3c(F)cccc3F)nc3c2C(O)NC3)cn1. The number of aliphatic carboxylic acids is 1. The number of aromatic nitrogens is 3. The molecule has 1 aromatic carbocycles. The molecule has 29 heavy (non-hydrogen) atoms. The number of hydrogen-bond acceptors (Lipinski definition) is 7. The second kappa shape index (κ2) is 7.49.